The number of para-hydroxylation sites is 2. The molecule has 0 unspecified atom stereocenters. The Bertz CT molecular complexity index is 1860. The van der Waals surface area contributed by atoms with Gasteiger partial charge in [-0.2, -0.15) is 0 Å². The number of hydrogen-bond acceptors (Lipinski definition) is 6. The smallest absolute Gasteiger partial charge is 0.127 e. The summed E-state index contributed by atoms with van der Waals surface area (Å²) in [6.07, 6.45) is 0. The molecule has 0 aliphatic heterocycles. The minimum Gasteiger partial charge on any atom is -0.494 e. The fraction of sp³-hybridized carbons (Fsp3) is 0.280. The number of rotatable bonds is 18. The van der Waals surface area contributed by atoms with E-state index < -0.39 is 0 Å². The third-order valence-corrected chi connectivity index (χ3v) is 9.11. The molecule has 0 atom stereocenters. The van der Waals surface area contributed by atoms with Crippen LogP contribution in [0.2, 0.25) is 0 Å². The molecule has 6 aromatic carbocycles. The average molecular weight is 753 g/mol. The Morgan fingerprint density at radius 1 is 0.375 bits per heavy atom. The molecular weight excluding hydrogens is 697 g/mol. The predicted molar refractivity (Wildman–Crippen MR) is 227 cm³/mol. The fourth-order valence-electron chi connectivity index (χ4n) is 6.00. The molecule has 56 heavy (non-hydrogen) atoms. The van der Waals surface area contributed by atoms with Crippen LogP contribution in [-0.2, 0) is 33.5 Å². The van der Waals surface area contributed by atoms with Crippen molar-refractivity contribution in [1.29, 1.82) is 0 Å². The van der Waals surface area contributed by atoms with E-state index in [2.05, 4.69) is 64.1 Å². The molecule has 0 radical (unpaired) electrons. The molecule has 0 aromatic heterocycles. The number of ether oxygens (including phenoxy) is 6. The van der Waals surface area contributed by atoms with Crippen molar-refractivity contribution in [2.24, 2.45) is 0 Å². The van der Waals surface area contributed by atoms with E-state index in [0.29, 0.717) is 39.6 Å². The van der Waals surface area contributed by atoms with Gasteiger partial charge in [0.1, 0.15) is 34.5 Å². The molecule has 0 heterocycles. The van der Waals surface area contributed by atoms with Gasteiger partial charge in [0.25, 0.3) is 0 Å². The summed E-state index contributed by atoms with van der Waals surface area (Å²) in [6.45, 7) is 16.5. The third kappa shape index (κ3) is 13.3. The van der Waals surface area contributed by atoms with Crippen LogP contribution < -0.4 is 18.9 Å². The Labute approximate surface area is 334 Å². The Hall–Kier alpha value is -5.56. The SMILES string of the molecule is CCOc1ccc(C(C)(C)COCc2cccc(Oc3ccccc3)c2)cc1.CCOc1ccc(C(C)(C)COCc2cccc(Oc3ccccc3)c2)cc1. The van der Waals surface area contributed by atoms with Crippen LogP contribution in [0.3, 0.4) is 0 Å². The van der Waals surface area contributed by atoms with Gasteiger partial charge in [-0.15, -0.1) is 0 Å². The molecule has 6 nitrogen and oxygen atoms in total. The van der Waals surface area contributed by atoms with Crippen LogP contribution in [0.4, 0.5) is 0 Å². The van der Waals surface area contributed by atoms with Gasteiger partial charge in [-0.25, -0.2) is 0 Å². The van der Waals surface area contributed by atoms with Crippen molar-refractivity contribution in [1.82, 2.24) is 0 Å². The van der Waals surface area contributed by atoms with Crippen LogP contribution in [0.15, 0.2) is 158 Å². The normalized spacial score (nSPS) is 11.2. The first-order chi connectivity index (χ1) is 27.1. The highest BCUT2D eigenvalue weighted by molar-refractivity contribution is 5.36. The zero-order chi connectivity index (χ0) is 39.6. The first-order valence-electron chi connectivity index (χ1n) is 19.4. The van der Waals surface area contributed by atoms with E-state index in [4.69, 9.17) is 28.4 Å². The Kier molecular flexibility index (Phi) is 15.6. The van der Waals surface area contributed by atoms with Gasteiger partial charge in [0.05, 0.1) is 39.6 Å². The molecule has 0 bridgehead atoms. The molecule has 6 aromatic rings. The maximum Gasteiger partial charge on any atom is 0.127 e. The van der Waals surface area contributed by atoms with Gasteiger partial charge < -0.3 is 28.4 Å². The van der Waals surface area contributed by atoms with Crippen LogP contribution in [0, 0.1) is 0 Å². The van der Waals surface area contributed by atoms with Crippen LogP contribution in [-0.4, -0.2) is 26.4 Å². The van der Waals surface area contributed by atoms with Gasteiger partial charge in [0, 0.05) is 10.8 Å². The highest BCUT2D eigenvalue weighted by atomic mass is 16.5. The topological polar surface area (TPSA) is 55.4 Å². The Morgan fingerprint density at radius 3 is 1.09 bits per heavy atom. The van der Waals surface area contributed by atoms with E-state index in [1.54, 1.807) is 0 Å². The zero-order valence-corrected chi connectivity index (χ0v) is 33.7. The summed E-state index contributed by atoms with van der Waals surface area (Å²) in [6, 6.07) is 52.2. The van der Waals surface area contributed by atoms with Crippen molar-refractivity contribution in [2.75, 3.05) is 26.4 Å². The van der Waals surface area contributed by atoms with Crippen LogP contribution in [0.25, 0.3) is 0 Å². The molecule has 292 valence electrons. The molecule has 0 aliphatic rings. The van der Waals surface area contributed by atoms with E-state index >= 15 is 0 Å². The van der Waals surface area contributed by atoms with Gasteiger partial charge in [-0.05, 0) is 109 Å². The van der Waals surface area contributed by atoms with Crippen molar-refractivity contribution in [3.05, 3.63) is 180 Å². The third-order valence-electron chi connectivity index (χ3n) is 9.11. The molecule has 0 fully saturated rings. The summed E-state index contributed by atoms with van der Waals surface area (Å²) in [7, 11) is 0. The van der Waals surface area contributed by atoms with E-state index in [9.17, 15) is 0 Å². The largest absolute Gasteiger partial charge is 0.494 e. The predicted octanol–water partition coefficient (Wildman–Crippen LogP) is 12.7. The van der Waals surface area contributed by atoms with Crippen LogP contribution >= 0.6 is 0 Å². The number of benzene rings is 6. The van der Waals surface area contributed by atoms with Gasteiger partial charge >= 0.3 is 0 Å². The minimum atomic E-state index is -0.0805. The highest BCUT2D eigenvalue weighted by Gasteiger charge is 2.22. The first-order valence-corrected chi connectivity index (χ1v) is 19.4. The minimum absolute atomic E-state index is 0.0805. The molecular formula is C50H56O6. The highest BCUT2D eigenvalue weighted by Crippen LogP contribution is 2.29. The van der Waals surface area contributed by atoms with E-state index in [0.717, 1.165) is 45.6 Å². The molecule has 0 saturated carbocycles. The Morgan fingerprint density at radius 2 is 0.732 bits per heavy atom. The van der Waals surface area contributed by atoms with Crippen molar-refractivity contribution in [3.63, 3.8) is 0 Å². The van der Waals surface area contributed by atoms with Crippen molar-refractivity contribution in [2.45, 2.75) is 65.6 Å². The van der Waals surface area contributed by atoms with Crippen LogP contribution in [0.1, 0.15) is 63.8 Å². The van der Waals surface area contributed by atoms with E-state index in [1.165, 1.54) is 11.1 Å². The summed E-state index contributed by atoms with van der Waals surface area (Å²) in [5.41, 5.74) is 4.49. The maximum absolute atomic E-state index is 6.04. The number of hydrogen-bond donors (Lipinski definition) is 0. The van der Waals surface area contributed by atoms with Gasteiger partial charge in [0.15, 0.2) is 0 Å². The summed E-state index contributed by atoms with van der Waals surface area (Å²) >= 11 is 0. The van der Waals surface area contributed by atoms with Gasteiger partial charge in [-0.1, -0.05) is 113 Å². The zero-order valence-electron chi connectivity index (χ0n) is 33.7. The average Bonchev–Trinajstić information content (AvgIpc) is 3.20. The molecule has 0 amide bonds. The second kappa shape index (κ2) is 20.9. The summed E-state index contributed by atoms with van der Waals surface area (Å²) in [5.74, 6) is 5.10. The quantitative estimate of drug-likeness (QED) is 0.0871. The molecule has 0 N–H and O–H groups in total. The Balaban J connectivity index is 0.000000214. The van der Waals surface area contributed by atoms with Crippen LogP contribution in [0.5, 0.6) is 34.5 Å². The van der Waals surface area contributed by atoms with Crippen molar-refractivity contribution < 1.29 is 28.4 Å². The lowest BCUT2D eigenvalue weighted by atomic mass is 9.85. The lowest BCUT2D eigenvalue weighted by Gasteiger charge is -2.25. The molecule has 0 aliphatic carbocycles. The maximum atomic E-state index is 6.04. The van der Waals surface area contributed by atoms with Gasteiger partial charge in [0.2, 0.25) is 0 Å². The lowest BCUT2D eigenvalue weighted by molar-refractivity contribution is 0.0824. The standard InChI is InChI=1S/2C25H28O3/c2*1-4-27-22-15-13-21(14-16-22)25(2,3)19-26-18-20-9-8-12-24(17-20)28-23-10-6-5-7-11-23/h2*5-17H,4,18-19H2,1-3H3. The molecule has 6 heteroatoms. The van der Waals surface area contributed by atoms with Crippen molar-refractivity contribution in [3.8, 4) is 34.5 Å². The molecule has 0 saturated heterocycles. The first kappa shape index (κ1) is 41.6. The molecule has 0 spiro atoms. The van der Waals surface area contributed by atoms with E-state index in [1.807, 2.05) is 135 Å². The summed E-state index contributed by atoms with van der Waals surface area (Å²) in [5, 5.41) is 0. The fourth-order valence-corrected chi connectivity index (χ4v) is 6.00. The second-order valence-corrected chi connectivity index (χ2v) is 14.8. The van der Waals surface area contributed by atoms with E-state index in [-0.39, 0.29) is 10.8 Å². The lowest BCUT2D eigenvalue weighted by Crippen LogP contribution is -2.24. The second-order valence-electron chi connectivity index (χ2n) is 14.8. The van der Waals surface area contributed by atoms with Crippen molar-refractivity contribution >= 4 is 0 Å². The summed E-state index contributed by atoms with van der Waals surface area (Å²) in [4.78, 5) is 0. The molecule has 6 rings (SSSR count). The monoisotopic (exact) mass is 752 g/mol. The summed E-state index contributed by atoms with van der Waals surface area (Å²) < 4.78 is 34.9. The van der Waals surface area contributed by atoms with Gasteiger partial charge in [-0.3, -0.25) is 0 Å².